The van der Waals surface area contributed by atoms with Gasteiger partial charge in [0.25, 0.3) is 0 Å². The number of carbonyl (C=O) groups excluding carboxylic acids is 2. The van der Waals surface area contributed by atoms with Crippen LogP contribution >= 0.6 is 0 Å². The van der Waals surface area contributed by atoms with Crippen molar-refractivity contribution in [2.75, 3.05) is 6.54 Å². The van der Waals surface area contributed by atoms with E-state index in [1.54, 1.807) is 13.8 Å². The van der Waals surface area contributed by atoms with Crippen molar-refractivity contribution in [3.8, 4) is 0 Å². The zero-order valence-electron chi connectivity index (χ0n) is 12.2. The summed E-state index contributed by atoms with van der Waals surface area (Å²) in [7, 11) is 0. The lowest BCUT2D eigenvalue weighted by Gasteiger charge is -2.10. The highest BCUT2D eigenvalue weighted by molar-refractivity contribution is 5.75. The summed E-state index contributed by atoms with van der Waals surface area (Å²) in [6.07, 6.45) is 0.0491. The van der Waals surface area contributed by atoms with Gasteiger partial charge >= 0.3 is 12.0 Å². The molecule has 0 aliphatic carbocycles. The minimum Gasteiger partial charge on any atom is -0.463 e. The second-order valence-electron chi connectivity index (χ2n) is 4.82. The average molecular weight is 278 g/mol. The van der Waals surface area contributed by atoms with Crippen LogP contribution in [0.5, 0.6) is 0 Å². The van der Waals surface area contributed by atoms with Crippen molar-refractivity contribution in [3.05, 3.63) is 35.4 Å². The molecule has 1 aromatic rings. The minimum atomic E-state index is -0.306. The fraction of sp³-hybridized carbons (Fsp3) is 0.467. The topological polar surface area (TPSA) is 67.4 Å². The van der Waals surface area contributed by atoms with E-state index in [1.807, 2.05) is 31.2 Å². The van der Waals surface area contributed by atoms with Crippen molar-refractivity contribution in [1.29, 1.82) is 0 Å². The zero-order valence-corrected chi connectivity index (χ0v) is 12.2. The lowest BCUT2D eigenvalue weighted by molar-refractivity contribution is -0.147. The second kappa shape index (κ2) is 8.19. The Balaban J connectivity index is 2.21. The Hall–Kier alpha value is -2.04. The smallest absolute Gasteiger partial charge is 0.315 e. The summed E-state index contributed by atoms with van der Waals surface area (Å²) >= 11 is 0. The molecule has 20 heavy (non-hydrogen) atoms. The maximum Gasteiger partial charge on any atom is 0.315 e. The Morgan fingerprint density at radius 1 is 1.20 bits per heavy atom. The molecule has 0 fully saturated rings. The lowest BCUT2D eigenvalue weighted by Crippen LogP contribution is -2.36. The van der Waals surface area contributed by atoms with Crippen LogP contribution in [0.4, 0.5) is 4.79 Å². The van der Waals surface area contributed by atoms with Crippen molar-refractivity contribution in [2.45, 2.75) is 39.8 Å². The minimum absolute atomic E-state index is 0.127. The molecule has 0 radical (unpaired) electrons. The summed E-state index contributed by atoms with van der Waals surface area (Å²) in [5, 5.41) is 5.38. The summed E-state index contributed by atoms with van der Waals surface area (Å²) in [5.41, 5.74) is 2.20. The molecule has 0 spiro atoms. The average Bonchev–Trinajstić information content (AvgIpc) is 2.37. The standard InChI is InChI=1S/C15H22N2O3/c1-11(2)20-14(18)8-9-16-15(19)17-10-13-7-5-4-6-12(13)3/h4-7,11H,8-10H2,1-3H3,(H2,16,17,19). The maximum atomic E-state index is 11.6. The molecule has 0 aliphatic heterocycles. The highest BCUT2D eigenvalue weighted by Gasteiger charge is 2.06. The first-order valence-corrected chi connectivity index (χ1v) is 6.74. The van der Waals surface area contributed by atoms with Gasteiger partial charge in [0.1, 0.15) is 0 Å². The van der Waals surface area contributed by atoms with Gasteiger partial charge in [-0.2, -0.15) is 0 Å². The third-order valence-electron chi connectivity index (χ3n) is 2.68. The van der Waals surface area contributed by atoms with Crippen molar-refractivity contribution in [1.82, 2.24) is 10.6 Å². The number of urea groups is 1. The highest BCUT2D eigenvalue weighted by atomic mass is 16.5. The Labute approximate surface area is 119 Å². The first-order chi connectivity index (χ1) is 9.49. The van der Waals surface area contributed by atoms with Crippen molar-refractivity contribution in [3.63, 3.8) is 0 Å². The molecule has 5 heteroatoms. The van der Waals surface area contributed by atoms with Gasteiger partial charge in [0, 0.05) is 13.1 Å². The van der Waals surface area contributed by atoms with Crippen molar-refractivity contribution in [2.24, 2.45) is 0 Å². The highest BCUT2D eigenvalue weighted by Crippen LogP contribution is 2.05. The van der Waals surface area contributed by atoms with Gasteiger partial charge in [-0.3, -0.25) is 4.79 Å². The van der Waals surface area contributed by atoms with Gasteiger partial charge in [-0.05, 0) is 31.9 Å². The van der Waals surface area contributed by atoms with Crippen LogP contribution in [-0.4, -0.2) is 24.6 Å². The molecule has 0 saturated heterocycles. The van der Waals surface area contributed by atoms with Crippen LogP contribution < -0.4 is 10.6 Å². The number of ether oxygens (including phenoxy) is 1. The molecule has 1 rings (SSSR count). The van der Waals surface area contributed by atoms with Crippen LogP contribution in [0.25, 0.3) is 0 Å². The summed E-state index contributed by atoms with van der Waals surface area (Å²) in [5.74, 6) is -0.306. The fourth-order valence-electron chi connectivity index (χ4n) is 1.65. The van der Waals surface area contributed by atoms with Crippen LogP contribution in [0, 0.1) is 6.92 Å². The monoisotopic (exact) mass is 278 g/mol. The summed E-state index contributed by atoms with van der Waals surface area (Å²) in [6.45, 7) is 6.32. The normalized spacial score (nSPS) is 10.2. The Morgan fingerprint density at radius 2 is 1.90 bits per heavy atom. The van der Waals surface area contributed by atoms with E-state index in [2.05, 4.69) is 10.6 Å². The van der Waals surface area contributed by atoms with E-state index in [1.165, 1.54) is 0 Å². The van der Waals surface area contributed by atoms with Gasteiger partial charge in [-0.25, -0.2) is 4.79 Å². The molecule has 0 saturated carbocycles. The molecule has 0 aromatic heterocycles. The molecule has 0 bridgehead atoms. The van der Waals surface area contributed by atoms with Crippen LogP contribution in [0.3, 0.4) is 0 Å². The number of benzene rings is 1. The quantitative estimate of drug-likeness (QED) is 0.783. The predicted molar refractivity (Wildman–Crippen MR) is 77.3 cm³/mol. The molecule has 2 N–H and O–H groups in total. The lowest BCUT2D eigenvalue weighted by atomic mass is 10.1. The molecule has 5 nitrogen and oxygen atoms in total. The third kappa shape index (κ3) is 6.22. The number of aryl methyl sites for hydroxylation is 1. The van der Waals surface area contributed by atoms with Crippen LogP contribution in [0.1, 0.15) is 31.4 Å². The van der Waals surface area contributed by atoms with Gasteiger partial charge in [0.2, 0.25) is 0 Å². The van der Waals surface area contributed by atoms with E-state index in [-0.39, 0.29) is 31.1 Å². The van der Waals surface area contributed by atoms with Gasteiger partial charge in [0.15, 0.2) is 0 Å². The van der Waals surface area contributed by atoms with E-state index >= 15 is 0 Å². The SMILES string of the molecule is Cc1ccccc1CNC(=O)NCCC(=O)OC(C)C. The van der Waals surface area contributed by atoms with Crippen LogP contribution in [-0.2, 0) is 16.1 Å². The third-order valence-corrected chi connectivity index (χ3v) is 2.68. The number of nitrogens with one attached hydrogen (secondary N) is 2. The van der Waals surface area contributed by atoms with Gasteiger partial charge < -0.3 is 15.4 Å². The fourth-order valence-corrected chi connectivity index (χ4v) is 1.65. The van der Waals surface area contributed by atoms with E-state index in [4.69, 9.17) is 4.74 Å². The zero-order chi connectivity index (χ0) is 15.0. The summed E-state index contributed by atoms with van der Waals surface area (Å²) in [6, 6.07) is 7.57. The van der Waals surface area contributed by atoms with E-state index in [9.17, 15) is 9.59 Å². The van der Waals surface area contributed by atoms with Crippen LogP contribution in [0.15, 0.2) is 24.3 Å². The van der Waals surface area contributed by atoms with Crippen molar-refractivity contribution >= 4 is 12.0 Å². The molecule has 2 amide bonds. The summed E-state index contributed by atoms with van der Waals surface area (Å²) < 4.78 is 4.97. The van der Waals surface area contributed by atoms with E-state index in [0.29, 0.717) is 6.54 Å². The Morgan fingerprint density at radius 3 is 2.55 bits per heavy atom. The maximum absolute atomic E-state index is 11.6. The molecular formula is C15H22N2O3. The Kier molecular flexibility index (Phi) is 6.56. The molecule has 1 aromatic carbocycles. The van der Waals surface area contributed by atoms with Crippen LogP contribution in [0.2, 0.25) is 0 Å². The van der Waals surface area contributed by atoms with E-state index in [0.717, 1.165) is 11.1 Å². The predicted octanol–water partition coefficient (Wildman–Crippen LogP) is 2.14. The number of amides is 2. The molecular weight excluding hydrogens is 256 g/mol. The molecule has 0 heterocycles. The molecule has 0 unspecified atom stereocenters. The van der Waals surface area contributed by atoms with Gasteiger partial charge in [-0.15, -0.1) is 0 Å². The molecule has 0 aliphatic rings. The van der Waals surface area contributed by atoms with Gasteiger partial charge in [-0.1, -0.05) is 24.3 Å². The number of hydrogen-bond donors (Lipinski definition) is 2. The first-order valence-electron chi connectivity index (χ1n) is 6.74. The number of rotatable bonds is 6. The second-order valence-corrected chi connectivity index (χ2v) is 4.82. The molecule has 110 valence electrons. The van der Waals surface area contributed by atoms with E-state index < -0.39 is 0 Å². The summed E-state index contributed by atoms with van der Waals surface area (Å²) in [4.78, 5) is 22.8. The molecule has 0 atom stereocenters. The number of carbonyl (C=O) groups is 2. The largest absolute Gasteiger partial charge is 0.463 e. The first kappa shape index (κ1) is 16.0. The number of hydrogen-bond acceptors (Lipinski definition) is 3. The van der Waals surface area contributed by atoms with Gasteiger partial charge in [0.05, 0.1) is 12.5 Å². The number of esters is 1. The van der Waals surface area contributed by atoms with Crippen molar-refractivity contribution < 1.29 is 14.3 Å². The Bertz CT molecular complexity index is 458.